The number of halogens is 1. The Morgan fingerprint density at radius 1 is 1.42 bits per heavy atom. The van der Waals surface area contributed by atoms with Crippen molar-refractivity contribution in [2.24, 2.45) is 18.0 Å². The van der Waals surface area contributed by atoms with Gasteiger partial charge in [0, 0.05) is 51.7 Å². The van der Waals surface area contributed by atoms with Crippen molar-refractivity contribution in [1.29, 1.82) is 0 Å². The molecule has 1 aromatic heterocycles. The number of guanidine groups is 1. The predicted molar refractivity (Wildman–Crippen MR) is 101 cm³/mol. The van der Waals surface area contributed by atoms with E-state index in [2.05, 4.69) is 33.7 Å². The first kappa shape index (κ1) is 17.6. The fraction of sp³-hybridized carbons (Fsp3) is 0.722. The molecule has 0 radical (unpaired) electrons. The minimum atomic E-state index is 0.706. The topological polar surface area (TPSA) is 35.8 Å². The number of aliphatic imine (C=N–C) groups is 1. The Labute approximate surface area is 150 Å². The highest BCUT2D eigenvalue weighted by Crippen LogP contribution is 2.31. The van der Waals surface area contributed by atoms with E-state index in [1.165, 1.54) is 38.0 Å². The van der Waals surface area contributed by atoms with E-state index < -0.39 is 0 Å². The number of aromatic nitrogens is 1. The number of nitrogens with zero attached hydrogens (tertiary/aromatic N) is 4. The van der Waals surface area contributed by atoms with Gasteiger partial charge in [-0.15, -0.1) is 0 Å². The molecule has 2 fully saturated rings. The monoisotopic (exact) mass is 351 g/mol. The lowest BCUT2D eigenvalue weighted by molar-refractivity contribution is 0.315. The summed E-state index contributed by atoms with van der Waals surface area (Å²) in [6, 6.07) is 2.91. The molecule has 3 rings (SSSR count). The second kappa shape index (κ2) is 7.79. The third-order valence-corrected chi connectivity index (χ3v) is 5.26. The number of hydrogen-bond acceptors (Lipinski definition) is 2. The van der Waals surface area contributed by atoms with Crippen molar-refractivity contribution in [2.75, 3.05) is 33.2 Å². The van der Waals surface area contributed by atoms with Gasteiger partial charge in [-0.3, -0.25) is 4.99 Å². The summed E-state index contributed by atoms with van der Waals surface area (Å²) in [5.41, 5.74) is 1.19. The van der Waals surface area contributed by atoms with Gasteiger partial charge in [0.05, 0.1) is 11.6 Å². The van der Waals surface area contributed by atoms with E-state index in [1.807, 2.05) is 19.3 Å². The fourth-order valence-corrected chi connectivity index (χ4v) is 3.78. The van der Waals surface area contributed by atoms with Crippen LogP contribution in [0.25, 0.3) is 0 Å². The number of aryl methyl sites for hydroxylation is 1. The van der Waals surface area contributed by atoms with Crippen LogP contribution in [0, 0.1) is 5.92 Å². The summed E-state index contributed by atoms with van der Waals surface area (Å²) >= 11 is 6.09. The molecule has 1 saturated heterocycles. The maximum Gasteiger partial charge on any atom is 0.194 e. The van der Waals surface area contributed by atoms with E-state index in [4.69, 9.17) is 16.6 Å². The Morgan fingerprint density at radius 2 is 2.21 bits per heavy atom. The lowest BCUT2D eigenvalue weighted by atomic mass is 10.1. The van der Waals surface area contributed by atoms with Gasteiger partial charge in [0.25, 0.3) is 0 Å². The molecule has 6 heteroatoms. The van der Waals surface area contributed by atoms with Gasteiger partial charge < -0.3 is 19.7 Å². The molecule has 5 nitrogen and oxygen atoms in total. The summed E-state index contributed by atoms with van der Waals surface area (Å²) in [5.74, 6) is 1.69. The fourth-order valence-electron chi connectivity index (χ4n) is 3.51. The van der Waals surface area contributed by atoms with Gasteiger partial charge in [0.2, 0.25) is 0 Å². The average Bonchev–Trinajstić information content (AvgIpc) is 3.20. The molecule has 24 heavy (non-hydrogen) atoms. The van der Waals surface area contributed by atoms with Crippen molar-refractivity contribution >= 4 is 17.6 Å². The molecule has 0 bridgehead atoms. The van der Waals surface area contributed by atoms with Crippen molar-refractivity contribution in [3.63, 3.8) is 0 Å². The molecule has 1 N–H and O–H groups in total. The molecule has 0 aromatic carbocycles. The van der Waals surface area contributed by atoms with Gasteiger partial charge >= 0.3 is 0 Å². The van der Waals surface area contributed by atoms with Crippen LogP contribution in [0.2, 0.25) is 5.02 Å². The Balaban J connectivity index is 1.57. The molecule has 2 heterocycles. The van der Waals surface area contributed by atoms with Gasteiger partial charge in [-0.1, -0.05) is 11.6 Å². The Kier molecular flexibility index (Phi) is 5.72. The van der Waals surface area contributed by atoms with Crippen LogP contribution in [-0.4, -0.2) is 59.6 Å². The second-order valence-corrected chi connectivity index (χ2v) is 7.63. The van der Waals surface area contributed by atoms with Crippen LogP contribution in [0.15, 0.2) is 17.3 Å². The predicted octanol–water partition coefficient (Wildman–Crippen LogP) is 2.56. The van der Waals surface area contributed by atoms with Gasteiger partial charge in [0.1, 0.15) is 0 Å². The summed E-state index contributed by atoms with van der Waals surface area (Å²) in [5, 5.41) is 4.21. The number of rotatable bonds is 6. The van der Waals surface area contributed by atoms with E-state index in [-0.39, 0.29) is 0 Å². The SMILES string of the molecule is CCNC(=NCC1CCN(C2CC2)C1)N(C)Cc1cc(Cl)cn1C. The highest BCUT2D eigenvalue weighted by atomic mass is 35.5. The van der Waals surface area contributed by atoms with Gasteiger partial charge in [0.15, 0.2) is 5.96 Å². The van der Waals surface area contributed by atoms with Crippen LogP contribution >= 0.6 is 11.6 Å². The average molecular weight is 352 g/mol. The summed E-state index contributed by atoms with van der Waals surface area (Å²) in [7, 11) is 4.12. The molecule has 1 aliphatic carbocycles. The van der Waals surface area contributed by atoms with Crippen LogP contribution in [0.4, 0.5) is 0 Å². The highest BCUT2D eigenvalue weighted by molar-refractivity contribution is 6.30. The molecule has 0 amide bonds. The van der Waals surface area contributed by atoms with Crippen LogP contribution in [0.5, 0.6) is 0 Å². The third-order valence-electron chi connectivity index (χ3n) is 5.05. The van der Waals surface area contributed by atoms with Crippen LogP contribution < -0.4 is 5.32 Å². The molecule has 1 aliphatic heterocycles. The number of hydrogen-bond donors (Lipinski definition) is 1. The van der Waals surface area contributed by atoms with E-state index in [1.54, 1.807) is 0 Å². The lowest BCUT2D eigenvalue weighted by Crippen LogP contribution is -2.39. The van der Waals surface area contributed by atoms with E-state index in [0.29, 0.717) is 5.92 Å². The molecule has 1 saturated carbocycles. The van der Waals surface area contributed by atoms with Gasteiger partial charge in [-0.05, 0) is 44.7 Å². The molecular weight excluding hydrogens is 322 g/mol. The molecule has 2 aliphatic rings. The maximum atomic E-state index is 6.09. The summed E-state index contributed by atoms with van der Waals surface area (Å²) in [6.07, 6.45) is 6.04. The van der Waals surface area contributed by atoms with Crippen LogP contribution in [0.3, 0.4) is 0 Å². The minimum Gasteiger partial charge on any atom is -0.357 e. The van der Waals surface area contributed by atoms with Crippen molar-refractivity contribution < 1.29 is 0 Å². The highest BCUT2D eigenvalue weighted by Gasteiger charge is 2.34. The molecule has 134 valence electrons. The first-order chi connectivity index (χ1) is 11.6. The molecule has 1 unspecified atom stereocenters. The summed E-state index contributed by atoms with van der Waals surface area (Å²) in [4.78, 5) is 9.74. The molecular formula is C18H30ClN5. The van der Waals surface area contributed by atoms with Crippen molar-refractivity contribution in [1.82, 2.24) is 19.7 Å². The van der Waals surface area contributed by atoms with Gasteiger partial charge in [-0.25, -0.2) is 0 Å². The first-order valence-corrected chi connectivity index (χ1v) is 9.48. The first-order valence-electron chi connectivity index (χ1n) is 9.11. The zero-order chi connectivity index (χ0) is 17.1. The standard InChI is InChI=1S/C18H30ClN5/c1-4-20-18(23(3)13-17-9-15(19)12-22(17)2)21-10-14-7-8-24(11-14)16-5-6-16/h9,12,14,16H,4-8,10-11,13H2,1-3H3,(H,20,21). The van der Waals surface area contributed by atoms with E-state index >= 15 is 0 Å². The smallest absolute Gasteiger partial charge is 0.194 e. The number of nitrogens with one attached hydrogen (secondary N) is 1. The Hall–Kier alpha value is -1.20. The molecule has 1 aromatic rings. The summed E-state index contributed by atoms with van der Waals surface area (Å²) in [6.45, 7) is 7.21. The maximum absolute atomic E-state index is 6.09. The van der Waals surface area contributed by atoms with Crippen molar-refractivity contribution in [2.45, 2.75) is 38.8 Å². The zero-order valence-electron chi connectivity index (χ0n) is 15.1. The molecule has 1 atom stereocenters. The zero-order valence-corrected chi connectivity index (χ0v) is 15.9. The van der Waals surface area contributed by atoms with Crippen molar-refractivity contribution in [3.05, 3.63) is 23.0 Å². The quantitative estimate of drug-likeness (QED) is 0.632. The Bertz CT molecular complexity index is 578. The van der Waals surface area contributed by atoms with Crippen LogP contribution in [-0.2, 0) is 13.6 Å². The van der Waals surface area contributed by atoms with E-state index in [9.17, 15) is 0 Å². The van der Waals surface area contributed by atoms with Gasteiger partial charge in [-0.2, -0.15) is 0 Å². The largest absolute Gasteiger partial charge is 0.357 e. The Morgan fingerprint density at radius 3 is 2.83 bits per heavy atom. The third kappa shape index (κ3) is 4.45. The minimum absolute atomic E-state index is 0.706. The lowest BCUT2D eigenvalue weighted by Gasteiger charge is -2.23. The second-order valence-electron chi connectivity index (χ2n) is 7.19. The van der Waals surface area contributed by atoms with Crippen molar-refractivity contribution in [3.8, 4) is 0 Å². The molecule has 0 spiro atoms. The normalized spacial score (nSPS) is 22.2. The van der Waals surface area contributed by atoms with Crippen LogP contribution in [0.1, 0.15) is 31.9 Å². The van der Waals surface area contributed by atoms with E-state index in [0.717, 1.165) is 36.7 Å². The number of likely N-dealkylation sites (tertiary alicyclic amines) is 1. The summed E-state index contributed by atoms with van der Waals surface area (Å²) < 4.78 is 2.08.